The SMILES string of the molecule is C[C@@H](COc1ccnc2c1[C@H](C)CCC2)CC1Cc2ccc(OCCCNC(=O)Cc3ccccc3)cc2C12CCC(Nc1cccc(Cl)c1)(C(=O)O)CC2. The third kappa shape index (κ3) is 8.80. The number of pyridine rings is 1. The van der Waals surface area contributed by atoms with Gasteiger partial charge in [0.2, 0.25) is 5.91 Å². The summed E-state index contributed by atoms with van der Waals surface area (Å²) in [6.07, 6.45) is 10.7. The maximum absolute atomic E-state index is 13.0. The fourth-order valence-electron chi connectivity index (χ4n) is 9.50. The van der Waals surface area contributed by atoms with Gasteiger partial charge >= 0.3 is 5.97 Å². The van der Waals surface area contributed by atoms with Gasteiger partial charge in [0, 0.05) is 34.7 Å². The summed E-state index contributed by atoms with van der Waals surface area (Å²) >= 11 is 6.30. The smallest absolute Gasteiger partial charge is 0.329 e. The third-order valence-electron chi connectivity index (χ3n) is 12.4. The molecule has 55 heavy (non-hydrogen) atoms. The van der Waals surface area contributed by atoms with E-state index in [0.29, 0.717) is 68.2 Å². The highest BCUT2D eigenvalue weighted by Crippen LogP contribution is 2.57. The van der Waals surface area contributed by atoms with Crippen molar-refractivity contribution in [3.63, 3.8) is 0 Å². The Morgan fingerprint density at radius 3 is 2.60 bits per heavy atom. The van der Waals surface area contributed by atoms with Gasteiger partial charge in [0.25, 0.3) is 0 Å². The molecule has 1 fully saturated rings. The van der Waals surface area contributed by atoms with Crippen LogP contribution in [0, 0.1) is 11.8 Å². The zero-order chi connectivity index (χ0) is 38.4. The molecule has 9 heteroatoms. The van der Waals surface area contributed by atoms with Gasteiger partial charge < -0.3 is 25.2 Å². The fraction of sp³-hybridized carbons (Fsp3) is 0.457. The van der Waals surface area contributed by atoms with Crippen molar-refractivity contribution in [1.29, 1.82) is 0 Å². The van der Waals surface area contributed by atoms with Crippen molar-refractivity contribution in [1.82, 2.24) is 10.3 Å². The van der Waals surface area contributed by atoms with Gasteiger partial charge in [-0.2, -0.15) is 0 Å². The summed E-state index contributed by atoms with van der Waals surface area (Å²) in [6.45, 7) is 6.21. The molecule has 3 aromatic carbocycles. The summed E-state index contributed by atoms with van der Waals surface area (Å²) in [4.78, 5) is 30.1. The molecule has 1 amide bonds. The zero-order valence-electron chi connectivity index (χ0n) is 32.1. The maximum atomic E-state index is 13.0. The Morgan fingerprint density at radius 1 is 1.00 bits per heavy atom. The first-order valence-electron chi connectivity index (χ1n) is 20.1. The topological polar surface area (TPSA) is 110 Å². The third-order valence-corrected chi connectivity index (χ3v) is 12.6. The molecule has 3 aliphatic rings. The number of hydrogen-bond donors (Lipinski definition) is 3. The molecule has 1 aromatic heterocycles. The molecule has 3 atom stereocenters. The Hall–Kier alpha value is -4.56. The van der Waals surface area contributed by atoms with E-state index < -0.39 is 11.5 Å². The molecule has 7 rings (SSSR count). The number of aryl methyl sites for hydroxylation is 1. The lowest BCUT2D eigenvalue weighted by molar-refractivity contribution is -0.144. The van der Waals surface area contributed by atoms with Crippen molar-refractivity contribution in [2.24, 2.45) is 11.8 Å². The monoisotopic (exact) mass is 763 g/mol. The number of nitrogens with zero attached hydrogens (tertiary/aromatic N) is 1. The molecule has 4 aromatic rings. The van der Waals surface area contributed by atoms with Crippen molar-refractivity contribution in [2.75, 3.05) is 25.1 Å². The largest absolute Gasteiger partial charge is 0.494 e. The maximum Gasteiger partial charge on any atom is 0.329 e. The number of aliphatic carboxylic acids is 1. The molecule has 8 nitrogen and oxygen atoms in total. The van der Waals surface area contributed by atoms with Gasteiger partial charge in [-0.05, 0) is 140 Å². The van der Waals surface area contributed by atoms with Gasteiger partial charge in [-0.25, -0.2) is 4.79 Å². The molecule has 0 saturated heterocycles. The number of hydrogen-bond acceptors (Lipinski definition) is 6. The van der Waals surface area contributed by atoms with Gasteiger partial charge in [0.05, 0.1) is 19.6 Å². The van der Waals surface area contributed by atoms with Crippen molar-refractivity contribution in [3.8, 4) is 11.5 Å². The van der Waals surface area contributed by atoms with Crippen LogP contribution in [0.4, 0.5) is 5.69 Å². The van der Waals surface area contributed by atoms with Gasteiger partial charge in [-0.3, -0.25) is 9.78 Å². The van der Waals surface area contributed by atoms with Gasteiger partial charge in [0.15, 0.2) is 0 Å². The van der Waals surface area contributed by atoms with E-state index in [2.05, 4.69) is 47.7 Å². The average Bonchev–Trinajstić information content (AvgIpc) is 3.46. The van der Waals surface area contributed by atoms with Crippen LogP contribution in [0.2, 0.25) is 5.02 Å². The number of fused-ring (bicyclic) bond motifs is 3. The van der Waals surface area contributed by atoms with E-state index in [-0.39, 0.29) is 11.3 Å². The van der Waals surface area contributed by atoms with Crippen LogP contribution in [-0.2, 0) is 34.3 Å². The second-order valence-corrected chi connectivity index (χ2v) is 16.7. The minimum atomic E-state index is -1.09. The van der Waals surface area contributed by atoms with Crippen molar-refractivity contribution in [3.05, 3.63) is 118 Å². The van der Waals surface area contributed by atoms with Crippen LogP contribution in [0.15, 0.2) is 85.1 Å². The van der Waals surface area contributed by atoms with E-state index in [1.807, 2.05) is 54.7 Å². The average molecular weight is 764 g/mol. The van der Waals surface area contributed by atoms with Crippen LogP contribution < -0.4 is 20.1 Å². The lowest BCUT2D eigenvalue weighted by Crippen LogP contribution is -2.53. The summed E-state index contributed by atoms with van der Waals surface area (Å²) in [7, 11) is 0. The summed E-state index contributed by atoms with van der Waals surface area (Å²) in [5.74, 6) is 2.04. The van der Waals surface area contributed by atoms with Gasteiger partial charge in [-0.1, -0.05) is 67.9 Å². The Labute approximate surface area is 330 Å². The van der Waals surface area contributed by atoms with Crippen LogP contribution in [0.3, 0.4) is 0 Å². The number of ether oxygens (including phenoxy) is 2. The molecule has 3 aliphatic carbocycles. The Morgan fingerprint density at radius 2 is 1.82 bits per heavy atom. The number of rotatable bonds is 15. The molecule has 0 aliphatic heterocycles. The highest BCUT2D eigenvalue weighted by molar-refractivity contribution is 6.30. The van der Waals surface area contributed by atoms with Crippen LogP contribution in [0.25, 0.3) is 0 Å². The summed E-state index contributed by atoms with van der Waals surface area (Å²) in [5.41, 5.74) is 5.50. The molecule has 1 spiro atoms. The number of carbonyl (C=O) groups is 2. The van der Waals surface area contributed by atoms with Crippen molar-refractivity contribution < 1.29 is 24.2 Å². The van der Waals surface area contributed by atoms with Gasteiger partial charge in [-0.15, -0.1) is 0 Å². The molecule has 1 saturated carbocycles. The first-order valence-corrected chi connectivity index (χ1v) is 20.5. The molecule has 0 radical (unpaired) electrons. The second-order valence-electron chi connectivity index (χ2n) is 16.2. The van der Waals surface area contributed by atoms with E-state index >= 15 is 0 Å². The highest BCUT2D eigenvalue weighted by Gasteiger charge is 2.54. The second kappa shape index (κ2) is 17.1. The lowest BCUT2D eigenvalue weighted by atomic mass is 9.59. The number of halogens is 1. The molecule has 0 bridgehead atoms. The standard InChI is InChI=1S/C46H54ClN3O5/c1-31(30-55-41-17-23-48-40-14-6-9-32(2)43(40)41)25-35-27-34-15-16-38(54-24-8-22-49-42(51)26-33-10-4-3-5-11-33)29-39(34)45(35)18-20-46(21-19-45,44(52)53)50-37-13-7-12-36(47)28-37/h3-5,7,10-13,15-17,23,28-29,31-32,35,50H,6,8-9,14,18-22,24-27,30H2,1-2H3,(H,49,51)(H,52,53)/t31-,32-,35?,45?,46?/m1/s1. The van der Waals surface area contributed by atoms with Crippen molar-refractivity contribution >= 4 is 29.2 Å². The molecule has 1 heterocycles. The summed E-state index contributed by atoms with van der Waals surface area (Å²) in [6, 6.07) is 25.6. The number of amides is 1. The summed E-state index contributed by atoms with van der Waals surface area (Å²) in [5, 5.41) is 17.6. The van der Waals surface area contributed by atoms with E-state index in [1.54, 1.807) is 12.1 Å². The van der Waals surface area contributed by atoms with Crippen LogP contribution in [0.1, 0.15) is 99.1 Å². The molecule has 1 unspecified atom stereocenters. The number of carboxylic acid groups (broad SMARTS) is 1. The minimum Gasteiger partial charge on any atom is -0.494 e. The first-order chi connectivity index (χ1) is 26.6. The lowest BCUT2D eigenvalue weighted by Gasteiger charge is -2.47. The normalized spacial score (nSPS) is 23.3. The molecule has 290 valence electrons. The fourth-order valence-corrected chi connectivity index (χ4v) is 9.69. The Kier molecular flexibility index (Phi) is 12.0. The number of benzene rings is 3. The van der Waals surface area contributed by atoms with Gasteiger partial charge in [0.1, 0.15) is 17.0 Å². The predicted octanol–water partition coefficient (Wildman–Crippen LogP) is 9.33. The van der Waals surface area contributed by atoms with E-state index in [4.69, 9.17) is 21.1 Å². The minimum absolute atomic E-state index is 0.00521. The number of anilines is 1. The van der Waals surface area contributed by atoms with Crippen LogP contribution >= 0.6 is 11.6 Å². The van der Waals surface area contributed by atoms with Crippen molar-refractivity contribution in [2.45, 2.75) is 101 Å². The number of carboxylic acids is 1. The van der Waals surface area contributed by atoms with Crippen LogP contribution in [0.5, 0.6) is 11.5 Å². The Bertz CT molecular complexity index is 1960. The highest BCUT2D eigenvalue weighted by atomic mass is 35.5. The Balaban J connectivity index is 1.05. The van der Waals surface area contributed by atoms with E-state index in [0.717, 1.165) is 61.3 Å². The predicted molar refractivity (Wildman–Crippen MR) is 217 cm³/mol. The van der Waals surface area contributed by atoms with Crippen LogP contribution in [-0.4, -0.2) is 47.3 Å². The number of nitrogens with one attached hydrogen (secondary N) is 2. The molecular weight excluding hydrogens is 710 g/mol. The zero-order valence-corrected chi connectivity index (χ0v) is 32.9. The number of carbonyl (C=O) groups excluding carboxylic acids is 1. The molecular formula is C46H54ClN3O5. The first kappa shape index (κ1) is 38.7. The molecule has 3 N–H and O–H groups in total. The number of aromatic nitrogens is 1. The quantitative estimate of drug-likeness (QED) is 0.104. The summed E-state index contributed by atoms with van der Waals surface area (Å²) < 4.78 is 12.9. The van der Waals surface area contributed by atoms with E-state index in [9.17, 15) is 14.7 Å². The van der Waals surface area contributed by atoms with E-state index in [1.165, 1.54) is 28.8 Å².